The number of hydrogen-bond acceptors (Lipinski definition) is 3. The van der Waals surface area contributed by atoms with Gasteiger partial charge in [-0.3, -0.25) is 0 Å². The highest BCUT2D eigenvalue weighted by Gasteiger charge is 2.07. The van der Waals surface area contributed by atoms with Gasteiger partial charge in [0.2, 0.25) is 0 Å². The molecule has 0 spiro atoms. The molecule has 0 saturated heterocycles. The second-order valence-electron chi connectivity index (χ2n) is 3.32. The van der Waals surface area contributed by atoms with Crippen molar-refractivity contribution in [2.45, 2.75) is 18.4 Å². The Balaban J connectivity index is 2.61. The molecular formula is C12H18FNOS. The quantitative estimate of drug-likeness (QED) is 0.587. The monoisotopic (exact) mass is 243 g/mol. The molecule has 0 heterocycles. The minimum Gasteiger partial charge on any atom is -0.383 e. The van der Waals surface area contributed by atoms with Gasteiger partial charge in [-0.25, -0.2) is 4.39 Å². The lowest BCUT2D eigenvalue weighted by Gasteiger charge is -2.10. The normalized spacial score (nSPS) is 10.7. The molecule has 0 atom stereocenters. The third-order valence-corrected chi connectivity index (χ3v) is 3.14. The fourth-order valence-corrected chi connectivity index (χ4v) is 2.22. The van der Waals surface area contributed by atoms with Crippen molar-refractivity contribution < 1.29 is 9.13 Å². The van der Waals surface area contributed by atoms with Gasteiger partial charge in [0.05, 0.1) is 6.61 Å². The van der Waals surface area contributed by atoms with E-state index in [4.69, 9.17) is 4.74 Å². The standard InChI is InChI=1S/C12H18FNOS/c1-3-16-12-6-4-5-11(13)10(12)9-14-7-8-15-2/h4-6,14H,3,7-9H2,1-2H3. The smallest absolute Gasteiger partial charge is 0.128 e. The fraction of sp³-hybridized carbons (Fsp3) is 0.500. The zero-order valence-corrected chi connectivity index (χ0v) is 10.6. The molecule has 0 aromatic heterocycles. The Morgan fingerprint density at radius 1 is 1.44 bits per heavy atom. The van der Waals surface area contributed by atoms with Gasteiger partial charge in [0, 0.05) is 30.7 Å². The molecule has 1 aromatic rings. The molecule has 16 heavy (non-hydrogen) atoms. The van der Waals surface area contributed by atoms with E-state index in [9.17, 15) is 4.39 Å². The first-order valence-corrected chi connectivity index (χ1v) is 6.38. The van der Waals surface area contributed by atoms with Crippen LogP contribution in [0.4, 0.5) is 4.39 Å². The van der Waals surface area contributed by atoms with E-state index < -0.39 is 0 Å². The van der Waals surface area contributed by atoms with Crippen molar-refractivity contribution in [2.24, 2.45) is 0 Å². The number of rotatable bonds is 7. The Labute approximate surface area is 101 Å². The van der Waals surface area contributed by atoms with Crippen molar-refractivity contribution in [1.82, 2.24) is 5.32 Å². The molecule has 4 heteroatoms. The Kier molecular flexibility index (Phi) is 6.45. The van der Waals surface area contributed by atoms with Crippen molar-refractivity contribution in [3.63, 3.8) is 0 Å². The lowest BCUT2D eigenvalue weighted by atomic mass is 10.2. The molecule has 0 radical (unpaired) electrons. The molecule has 1 aromatic carbocycles. The Hall–Kier alpha value is -0.580. The van der Waals surface area contributed by atoms with Crippen molar-refractivity contribution in [2.75, 3.05) is 26.0 Å². The van der Waals surface area contributed by atoms with Crippen LogP contribution in [-0.4, -0.2) is 26.0 Å². The summed E-state index contributed by atoms with van der Waals surface area (Å²) in [6.07, 6.45) is 0. The highest BCUT2D eigenvalue weighted by molar-refractivity contribution is 7.99. The minimum absolute atomic E-state index is 0.136. The molecule has 90 valence electrons. The maximum absolute atomic E-state index is 13.6. The molecular weight excluding hydrogens is 225 g/mol. The van der Waals surface area contributed by atoms with E-state index in [1.165, 1.54) is 6.07 Å². The van der Waals surface area contributed by atoms with Crippen molar-refractivity contribution in [3.8, 4) is 0 Å². The molecule has 1 N–H and O–H groups in total. The van der Waals surface area contributed by atoms with Crippen molar-refractivity contribution in [3.05, 3.63) is 29.6 Å². The zero-order valence-electron chi connectivity index (χ0n) is 9.75. The van der Waals surface area contributed by atoms with Crippen LogP contribution in [0, 0.1) is 5.82 Å². The summed E-state index contributed by atoms with van der Waals surface area (Å²) in [5, 5.41) is 3.16. The van der Waals surface area contributed by atoms with Gasteiger partial charge in [0.1, 0.15) is 5.82 Å². The van der Waals surface area contributed by atoms with Crippen LogP contribution in [-0.2, 0) is 11.3 Å². The van der Waals surface area contributed by atoms with Crippen LogP contribution >= 0.6 is 11.8 Å². The Bertz CT molecular complexity index is 320. The van der Waals surface area contributed by atoms with E-state index in [0.717, 1.165) is 22.8 Å². The van der Waals surface area contributed by atoms with E-state index >= 15 is 0 Å². The molecule has 0 amide bonds. The van der Waals surface area contributed by atoms with Crippen LogP contribution in [0.5, 0.6) is 0 Å². The van der Waals surface area contributed by atoms with Crippen LogP contribution in [0.2, 0.25) is 0 Å². The van der Waals surface area contributed by atoms with E-state index in [1.54, 1.807) is 24.9 Å². The largest absolute Gasteiger partial charge is 0.383 e. The molecule has 2 nitrogen and oxygen atoms in total. The molecule has 0 unspecified atom stereocenters. The number of halogens is 1. The van der Waals surface area contributed by atoms with Gasteiger partial charge in [-0.05, 0) is 17.9 Å². The molecule has 0 aliphatic carbocycles. The average Bonchev–Trinajstić information content (AvgIpc) is 2.28. The SMILES string of the molecule is CCSc1cccc(F)c1CNCCOC. The Morgan fingerprint density at radius 2 is 2.25 bits per heavy atom. The van der Waals surface area contributed by atoms with Crippen LogP contribution in [0.1, 0.15) is 12.5 Å². The van der Waals surface area contributed by atoms with Crippen LogP contribution in [0.3, 0.4) is 0 Å². The summed E-state index contributed by atoms with van der Waals surface area (Å²) < 4.78 is 18.5. The molecule has 0 saturated carbocycles. The fourth-order valence-electron chi connectivity index (χ4n) is 1.39. The average molecular weight is 243 g/mol. The lowest BCUT2D eigenvalue weighted by molar-refractivity contribution is 0.199. The van der Waals surface area contributed by atoms with Crippen LogP contribution in [0.15, 0.2) is 23.1 Å². The molecule has 0 bridgehead atoms. The van der Waals surface area contributed by atoms with E-state index in [1.807, 2.05) is 6.07 Å². The first-order chi connectivity index (χ1) is 7.79. The summed E-state index contributed by atoms with van der Waals surface area (Å²) in [7, 11) is 1.66. The third-order valence-electron chi connectivity index (χ3n) is 2.16. The second-order valence-corrected chi connectivity index (χ2v) is 4.62. The number of benzene rings is 1. The predicted octanol–water partition coefficient (Wildman–Crippen LogP) is 2.67. The highest BCUT2D eigenvalue weighted by Crippen LogP contribution is 2.24. The summed E-state index contributed by atoms with van der Waals surface area (Å²) in [4.78, 5) is 1.02. The first-order valence-electron chi connectivity index (χ1n) is 5.39. The summed E-state index contributed by atoms with van der Waals surface area (Å²) in [6, 6.07) is 5.23. The summed E-state index contributed by atoms with van der Waals surface area (Å²) in [5.74, 6) is 0.817. The maximum Gasteiger partial charge on any atom is 0.128 e. The number of nitrogens with one attached hydrogen (secondary N) is 1. The minimum atomic E-state index is -0.136. The van der Waals surface area contributed by atoms with Gasteiger partial charge in [0.15, 0.2) is 0 Å². The third kappa shape index (κ3) is 4.12. The van der Waals surface area contributed by atoms with Crippen LogP contribution < -0.4 is 5.32 Å². The van der Waals surface area contributed by atoms with Gasteiger partial charge < -0.3 is 10.1 Å². The van der Waals surface area contributed by atoms with Gasteiger partial charge in [-0.1, -0.05) is 13.0 Å². The van der Waals surface area contributed by atoms with Crippen LogP contribution in [0.25, 0.3) is 0 Å². The van der Waals surface area contributed by atoms with Gasteiger partial charge >= 0.3 is 0 Å². The number of thioether (sulfide) groups is 1. The summed E-state index contributed by atoms with van der Waals surface area (Å²) >= 11 is 1.67. The van der Waals surface area contributed by atoms with E-state index in [-0.39, 0.29) is 5.82 Å². The topological polar surface area (TPSA) is 21.3 Å². The number of methoxy groups -OCH3 is 1. The Morgan fingerprint density at radius 3 is 2.94 bits per heavy atom. The van der Waals surface area contributed by atoms with E-state index in [0.29, 0.717) is 13.2 Å². The summed E-state index contributed by atoms with van der Waals surface area (Å²) in [5.41, 5.74) is 0.755. The van der Waals surface area contributed by atoms with E-state index in [2.05, 4.69) is 12.2 Å². The number of hydrogen-bond donors (Lipinski definition) is 1. The second kappa shape index (κ2) is 7.65. The first kappa shape index (κ1) is 13.5. The van der Waals surface area contributed by atoms with Crippen molar-refractivity contribution in [1.29, 1.82) is 0 Å². The molecule has 0 aliphatic heterocycles. The van der Waals surface area contributed by atoms with Crippen molar-refractivity contribution >= 4 is 11.8 Å². The van der Waals surface area contributed by atoms with Gasteiger partial charge in [0.25, 0.3) is 0 Å². The molecule has 0 fully saturated rings. The van der Waals surface area contributed by atoms with Gasteiger partial charge in [-0.15, -0.1) is 11.8 Å². The zero-order chi connectivity index (χ0) is 11.8. The highest BCUT2D eigenvalue weighted by atomic mass is 32.2. The maximum atomic E-state index is 13.6. The summed E-state index contributed by atoms with van der Waals surface area (Å²) in [6.45, 7) is 4.00. The predicted molar refractivity (Wildman–Crippen MR) is 66.4 cm³/mol. The lowest BCUT2D eigenvalue weighted by Crippen LogP contribution is -2.19. The van der Waals surface area contributed by atoms with Gasteiger partial charge in [-0.2, -0.15) is 0 Å². The number of ether oxygens (including phenoxy) is 1. The molecule has 1 rings (SSSR count). The molecule has 0 aliphatic rings.